The summed E-state index contributed by atoms with van der Waals surface area (Å²) in [6.45, 7) is 0.518. The number of benzene rings is 1. The fourth-order valence-corrected chi connectivity index (χ4v) is 3.85. The molecule has 1 aromatic carbocycles. The number of hydrogen-bond acceptors (Lipinski definition) is 9. The zero-order valence-corrected chi connectivity index (χ0v) is 16.8. The Bertz CT molecular complexity index is 926. The second-order valence-electron chi connectivity index (χ2n) is 6.55. The van der Waals surface area contributed by atoms with Crippen LogP contribution in [-0.2, 0) is 14.3 Å². The third-order valence-electron chi connectivity index (χ3n) is 4.52. The van der Waals surface area contributed by atoms with Gasteiger partial charge < -0.3 is 19.9 Å². The molecular weight excluding hydrogens is 418 g/mol. The Morgan fingerprint density at radius 2 is 2.27 bits per heavy atom. The normalized spacial score (nSPS) is 20.1. The van der Waals surface area contributed by atoms with Crippen molar-refractivity contribution in [2.45, 2.75) is 18.9 Å². The SMILES string of the molecule is COc1cc(/C=C2\SC(=O)N(CC(=O)NC[C@H]3CCCO3)C2=O)cc([N+](=O)[O-])c1O. The van der Waals surface area contributed by atoms with Crippen molar-refractivity contribution in [3.05, 3.63) is 32.7 Å². The second-order valence-corrected chi connectivity index (χ2v) is 7.55. The summed E-state index contributed by atoms with van der Waals surface area (Å²) in [4.78, 5) is 47.9. The highest BCUT2D eigenvalue weighted by atomic mass is 32.2. The zero-order chi connectivity index (χ0) is 21.8. The number of amides is 3. The molecule has 0 aliphatic carbocycles. The van der Waals surface area contributed by atoms with E-state index >= 15 is 0 Å². The average molecular weight is 437 g/mol. The van der Waals surface area contributed by atoms with Gasteiger partial charge in [0.25, 0.3) is 11.1 Å². The number of carbonyl (C=O) groups is 3. The molecule has 2 saturated heterocycles. The maximum atomic E-state index is 12.6. The molecule has 2 aliphatic rings. The molecule has 2 N–H and O–H groups in total. The van der Waals surface area contributed by atoms with E-state index in [0.717, 1.165) is 23.8 Å². The number of nitro benzene ring substituents is 1. The van der Waals surface area contributed by atoms with E-state index in [1.54, 1.807) is 0 Å². The number of nitro groups is 1. The summed E-state index contributed by atoms with van der Waals surface area (Å²) in [5.41, 5.74) is -0.418. The van der Waals surface area contributed by atoms with E-state index in [1.165, 1.54) is 19.3 Å². The van der Waals surface area contributed by atoms with Crippen LogP contribution in [0.4, 0.5) is 10.5 Å². The van der Waals surface area contributed by atoms with Gasteiger partial charge in [0, 0.05) is 19.2 Å². The van der Waals surface area contributed by atoms with Gasteiger partial charge in [0.05, 0.1) is 23.0 Å². The van der Waals surface area contributed by atoms with Crippen LogP contribution in [0.15, 0.2) is 17.0 Å². The molecule has 2 fully saturated rings. The first-order chi connectivity index (χ1) is 14.3. The average Bonchev–Trinajstić information content (AvgIpc) is 3.31. The van der Waals surface area contributed by atoms with Crippen molar-refractivity contribution >= 4 is 40.6 Å². The molecule has 3 amide bonds. The van der Waals surface area contributed by atoms with Crippen LogP contribution in [0.2, 0.25) is 0 Å². The van der Waals surface area contributed by atoms with Gasteiger partial charge in [-0.1, -0.05) is 0 Å². The lowest BCUT2D eigenvalue weighted by Crippen LogP contribution is -2.41. The molecule has 0 unspecified atom stereocenters. The Balaban J connectivity index is 1.72. The van der Waals surface area contributed by atoms with E-state index < -0.39 is 40.0 Å². The van der Waals surface area contributed by atoms with Gasteiger partial charge >= 0.3 is 5.69 Å². The molecule has 12 heteroatoms. The Morgan fingerprint density at radius 3 is 2.90 bits per heavy atom. The number of phenolic OH excluding ortho intramolecular Hbond substituents is 1. The van der Waals surface area contributed by atoms with Gasteiger partial charge in [-0.2, -0.15) is 0 Å². The number of hydrogen-bond donors (Lipinski definition) is 2. The molecule has 2 heterocycles. The highest BCUT2D eigenvalue weighted by Crippen LogP contribution is 2.39. The number of methoxy groups -OCH3 is 1. The van der Waals surface area contributed by atoms with Crippen molar-refractivity contribution in [2.24, 2.45) is 0 Å². The molecule has 0 aromatic heterocycles. The minimum absolute atomic E-state index is 0.00559. The number of rotatable bonds is 7. The number of imide groups is 1. The summed E-state index contributed by atoms with van der Waals surface area (Å²) >= 11 is 0.615. The summed E-state index contributed by atoms with van der Waals surface area (Å²) in [7, 11) is 1.23. The van der Waals surface area contributed by atoms with Gasteiger partial charge in [0.2, 0.25) is 11.7 Å². The van der Waals surface area contributed by atoms with Crippen LogP contribution in [0, 0.1) is 10.1 Å². The smallest absolute Gasteiger partial charge is 0.315 e. The summed E-state index contributed by atoms with van der Waals surface area (Å²) in [6, 6.07) is 2.35. The van der Waals surface area contributed by atoms with Crippen LogP contribution < -0.4 is 10.1 Å². The van der Waals surface area contributed by atoms with Crippen LogP contribution in [0.1, 0.15) is 18.4 Å². The Labute approximate surface area is 175 Å². The molecule has 1 atom stereocenters. The molecule has 1 aromatic rings. The maximum absolute atomic E-state index is 12.6. The topological polar surface area (TPSA) is 148 Å². The van der Waals surface area contributed by atoms with Gasteiger partial charge in [-0.05, 0) is 42.3 Å². The molecule has 0 saturated carbocycles. The van der Waals surface area contributed by atoms with Crippen LogP contribution >= 0.6 is 11.8 Å². The molecule has 2 aliphatic heterocycles. The molecule has 30 heavy (non-hydrogen) atoms. The van der Waals surface area contributed by atoms with Gasteiger partial charge in [-0.3, -0.25) is 29.4 Å². The van der Waals surface area contributed by atoms with E-state index in [2.05, 4.69) is 5.32 Å². The molecule has 3 rings (SSSR count). The lowest BCUT2D eigenvalue weighted by atomic mass is 10.1. The number of nitrogens with one attached hydrogen (secondary N) is 1. The van der Waals surface area contributed by atoms with Crippen molar-refractivity contribution in [3.63, 3.8) is 0 Å². The zero-order valence-electron chi connectivity index (χ0n) is 16.0. The van der Waals surface area contributed by atoms with Gasteiger partial charge in [-0.15, -0.1) is 0 Å². The summed E-state index contributed by atoms with van der Waals surface area (Å²) in [5.74, 6) is -1.97. The predicted octanol–water partition coefficient (Wildman–Crippen LogP) is 1.64. The number of phenols is 1. The highest BCUT2D eigenvalue weighted by Gasteiger charge is 2.36. The van der Waals surface area contributed by atoms with Crippen LogP contribution in [-0.4, -0.2) is 64.9 Å². The van der Waals surface area contributed by atoms with E-state index in [9.17, 15) is 29.6 Å². The van der Waals surface area contributed by atoms with E-state index in [-0.39, 0.29) is 22.3 Å². The number of carbonyl (C=O) groups excluding carboxylic acids is 3. The Hall–Kier alpha value is -3.12. The lowest BCUT2D eigenvalue weighted by molar-refractivity contribution is -0.386. The lowest BCUT2D eigenvalue weighted by Gasteiger charge is -2.14. The maximum Gasteiger partial charge on any atom is 0.315 e. The van der Waals surface area contributed by atoms with Gasteiger partial charge in [0.15, 0.2) is 5.75 Å². The molecule has 160 valence electrons. The first kappa shape index (κ1) is 21.6. The molecular formula is C18H19N3O8S. The predicted molar refractivity (Wildman–Crippen MR) is 106 cm³/mol. The van der Waals surface area contributed by atoms with Crippen molar-refractivity contribution in [1.82, 2.24) is 10.2 Å². The third-order valence-corrected chi connectivity index (χ3v) is 5.43. The summed E-state index contributed by atoms with van der Waals surface area (Å²) in [5, 5.41) is 23.0. The monoisotopic (exact) mass is 437 g/mol. The fraction of sp³-hybridized carbons (Fsp3) is 0.389. The van der Waals surface area contributed by atoms with Crippen LogP contribution in [0.5, 0.6) is 11.5 Å². The summed E-state index contributed by atoms with van der Waals surface area (Å²) < 4.78 is 10.3. The highest BCUT2D eigenvalue weighted by molar-refractivity contribution is 8.18. The molecule has 0 radical (unpaired) electrons. The molecule has 0 spiro atoms. The largest absolute Gasteiger partial charge is 0.500 e. The van der Waals surface area contributed by atoms with Crippen molar-refractivity contribution in [1.29, 1.82) is 0 Å². The number of thioether (sulfide) groups is 1. The van der Waals surface area contributed by atoms with Gasteiger partial charge in [-0.25, -0.2) is 0 Å². The van der Waals surface area contributed by atoms with Crippen molar-refractivity contribution in [2.75, 3.05) is 26.8 Å². The molecule has 0 bridgehead atoms. The number of aromatic hydroxyl groups is 1. The van der Waals surface area contributed by atoms with Crippen molar-refractivity contribution in [3.8, 4) is 11.5 Å². The van der Waals surface area contributed by atoms with Crippen LogP contribution in [0.3, 0.4) is 0 Å². The Kier molecular flexibility index (Phi) is 6.57. The minimum atomic E-state index is -0.792. The van der Waals surface area contributed by atoms with E-state index in [0.29, 0.717) is 24.9 Å². The first-order valence-electron chi connectivity index (χ1n) is 8.99. The molecule has 11 nitrogen and oxygen atoms in total. The number of nitrogens with zero attached hydrogens (tertiary/aromatic N) is 2. The van der Waals surface area contributed by atoms with Crippen molar-refractivity contribution < 1.29 is 33.9 Å². The van der Waals surface area contributed by atoms with Gasteiger partial charge in [0.1, 0.15) is 6.54 Å². The fourth-order valence-electron chi connectivity index (χ4n) is 3.01. The first-order valence-corrected chi connectivity index (χ1v) is 9.81. The Morgan fingerprint density at radius 1 is 1.50 bits per heavy atom. The quantitative estimate of drug-likeness (QED) is 0.369. The third kappa shape index (κ3) is 4.71. The summed E-state index contributed by atoms with van der Waals surface area (Å²) in [6.07, 6.45) is 2.97. The standard InChI is InChI=1S/C18H19N3O8S/c1-28-13-6-10(5-12(16(13)23)21(26)27)7-14-17(24)20(18(25)30-14)9-15(22)19-8-11-3-2-4-29-11/h5-7,11,23H,2-4,8-9H2,1H3,(H,19,22)/b14-7-/t11-/m1/s1. The van der Waals surface area contributed by atoms with E-state index in [1.807, 2.05) is 0 Å². The van der Waals surface area contributed by atoms with Crippen LogP contribution in [0.25, 0.3) is 6.08 Å². The van der Waals surface area contributed by atoms with E-state index in [4.69, 9.17) is 9.47 Å². The number of ether oxygens (including phenoxy) is 2. The minimum Gasteiger partial charge on any atom is -0.500 e. The second kappa shape index (κ2) is 9.13.